The van der Waals surface area contributed by atoms with Crippen LogP contribution in [0.25, 0.3) is 26.9 Å². The first-order valence-electron chi connectivity index (χ1n) is 8.34. The molecular formula is C22H15BrN2OS. The molecule has 27 heavy (non-hydrogen) atoms. The van der Waals surface area contributed by atoms with Crippen LogP contribution in [-0.4, -0.2) is 16.3 Å². The summed E-state index contributed by atoms with van der Waals surface area (Å²) in [6.07, 6.45) is 5.57. The van der Waals surface area contributed by atoms with E-state index in [9.17, 15) is 5.11 Å². The minimum atomic E-state index is 0.181. The lowest BCUT2D eigenvalue weighted by molar-refractivity contribution is 0.477. The number of para-hydroxylation sites is 1. The number of phenolic OH excluding ortho intramolecular Hbond substituents is 1. The van der Waals surface area contributed by atoms with Crippen molar-refractivity contribution in [1.29, 1.82) is 0 Å². The zero-order valence-corrected chi connectivity index (χ0v) is 16.6. The number of halogens is 1. The van der Waals surface area contributed by atoms with Gasteiger partial charge in [-0.05, 0) is 48.0 Å². The molecule has 0 aliphatic heterocycles. The first kappa shape index (κ1) is 17.6. The van der Waals surface area contributed by atoms with E-state index in [1.54, 1.807) is 23.6 Å². The predicted octanol–water partition coefficient (Wildman–Crippen LogP) is 6.85. The average molecular weight is 435 g/mol. The van der Waals surface area contributed by atoms with Crippen LogP contribution < -0.4 is 0 Å². The van der Waals surface area contributed by atoms with Crippen LogP contribution in [0.15, 0.2) is 82.3 Å². The smallest absolute Gasteiger partial charge is 0.128 e. The zero-order valence-electron chi connectivity index (χ0n) is 14.2. The highest BCUT2D eigenvalue weighted by molar-refractivity contribution is 9.10. The highest BCUT2D eigenvalue weighted by Gasteiger charge is 2.10. The Morgan fingerprint density at radius 3 is 2.59 bits per heavy atom. The van der Waals surface area contributed by atoms with Gasteiger partial charge in [0.1, 0.15) is 10.8 Å². The van der Waals surface area contributed by atoms with E-state index >= 15 is 0 Å². The van der Waals surface area contributed by atoms with Crippen LogP contribution in [0.5, 0.6) is 5.75 Å². The minimum absolute atomic E-state index is 0.181. The Morgan fingerprint density at radius 1 is 1.00 bits per heavy atom. The van der Waals surface area contributed by atoms with Crippen molar-refractivity contribution in [3.05, 3.63) is 82.8 Å². The van der Waals surface area contributed by atoms with Crippen molar-refractivity contribution >= 4 is 55.5 Å². The molecule has 0 unspecified atom stereocenters. The number of nitrogens with zero attached hydrogens (tertiary/aromatic N) is 2. The molecular weight excluding hydrogens is 420 g/mol. The summed E-state index contributed by atoms with van der Waals surface area (Å²) >= 11 is 4.99. The Morgan fingerprint density at radius 2 is 1.81 bits per heavy atom. The second-order valence-electron chi connectivity index (χ2n) is 5.88. The first-order valence-corrected chi connectivity index (χ1v) is 9.95. The molecule has 1 N–H and O–H groups in total. The number of allylic oxidation sites excluding steroid dienone is 1. The molecule has 0 aliphatic rings. The van der Waals surface area contributed by atoms with Gasteiger partial charge in [0, 0.05) is 16.8 Å². The summed E-state index contributed by atoms with van der Waals surface area (Å²) in [5, 5.41) is 11.2. The molecule has 0 aliphatic carbocycles. The fourth-order valence-electron chi connectivity index (χ4n) is 2.63. The highest BCUT2D eigenvalue weighted by Crippen LogP contribution is 2.36. The monoisotopic (exact) mass is 434 g/mol. The second kappa shape index (κ2) is 7.86. The summed E-state index contributed by atoms with van der Waals surface area (Å²) in [6, 6.07) is 21.4. The maximum atomic E-state index is 10.4. The van der Waals surface area contributed by atoms with E-state index < -0.39 is 0 Å². The molecule has 0 amide bonds. The largest absolute Gasteiger partial charge is 0.507 e. The van der Waals surface area contributed by atoms with Gasteiger partial charge >= 0.3 is 0 Å². The summed E-state index contributed by atoms with van der Waals surface area (Å²) in [6.45, 7) is 0. The summed E-state index contributed by atoms with van der Waals surface area (Å²) in [7, 11) is 0. The van der Waals surface area contributed by atoms with Crippen LogP contribution in [-0.2, 0) is 0 Å². The molecule has 0 saturated heterocycles. The number of thiazole rings is 1. The predicted molar refractivity (Wildman–Crippen MR) is 118 cm³/mol. The Hall–Kier alpha value is -2.76. The third-order valence-electron chi connectivity index (χ3n) is 3.97. The number of phenols is 1. The van der Waals surface area contributed by atoms with Gasteiger partial charge in [-0.15, -0.1) is 11.3 Å². The summed E-state index contributed by atoms with van der Waals surface area (Å²) < 4.78 is 2.16. The fourth-order valence-corrected chi connectivity index (χ4v) is 3.89. The molecule has 0 spiro atoms. The van der Waals surface area contributed by atoms with Crippen molar-refractivity contribution < 1.29 is 5.11 Å². The molecule has 4 rings (SSSR count). The van der Waals surface area contributed by atoms with Gasteiger partial charge in [-0.25, -0.2) is 4.98 Å². The minimum Gasteiger partial charge on any atom is -0.507 e. The molecule has 3 aromatic carbocycles. The quantitative estimate of drug-likeness (QED) is 0.357. The van der Waals surface area contributed by atoms with Crippen LogP contribution in [0.2, 0.25) is 0 Å². The number of benzene rings is 3. The standard InChI is InChI=1S/C22H15BrN2OS/c23-16-9-7-15(8-10-16)4-3-13-24-17-11-12-18(20(26)14-17)22-25-19-5-1-2-6-21(19)27-22/h1-14,26H. The fraction of sp³-hybridized carbons (Fsp3) is 0. The molecule has 0 saturated carbocycles. The molecule has 3 nitrogen and oxygen atoms in total. The van der Waals surface area contributed by atoms with E-state index in [0.29, 0.717) is 5.69 Å². The number of rotatable bonds is 4. The highest BCUT2D eigenvalue weighted by atomic mass is 79.9. The lowest BCUT2D eigenvalue weighted by atomic mass is 10.2. The Bertz CT molecular complexity index is 1110. The van der Waals surface area contributed by atoms with Gasteiger partial charge in [0.15, 0.2) is 0 Å². The molecule has 0 fully saturated rings. The Balaban J connectivity index is 1.52. The van der Waals surface area contributed by atoms with E-state index in [-0.39, 0.29) is 5.75 Å². The van der Waals surface area contributed by atoms with E-state index in [2.05, 4.69) is 25.9 Å². The zero-order chi connectivity index (χ0) is 18.6. The Kier molecular flexibility index (Phi) is 5.14. The molecule has 0 atom stereocenters. The van der Waals surface area contributed by atoms with Crippen molar-refractivity contribution in [2.24, 2.45) is 4.99 Å². The molecule has 5 heteroatoms. The van der Waals surface area contributed by atoms with E-state index in [0.717, 1.165) is 30.8 Å². The maximum Gasteiger partial charge on any atom is 0.128 e. The molecule has 132 valence electrons. The number of fused-ring (bicyclic) bond motifs is 1. The van der Waals surface area contributed by atoms with Crippen LogP contribution in [0, 0.1) is 0 Å². The first-order chi connectivity index (χ1) is 13.2. The van der Waals surface area contributed by atoms with Crippen LogP contribution in [0.4, 0.5) is 5.69 Å². The van der Waals surface area contributed by atoms with E-state index in [1.807, 2.05) is 72.8 Å². The van der Waals surface area contributed by atoms with Crippen molar-refractivity contribution in [2.45, 2.75) is 0 Å². The summed E-state index contributed by atoms with van der Waals surface area (Å²) in [4.78, 5) is 8.97. The lowest BCUT2D eigenvalue weighted by Gasteiger charge is -2.01. The number of hydrogen-bond acceptors (Lipinski definition) is 4. The van der Waals surface area contributed by atoms with Crippen molar-refractivity contribution in [3.63, 3.8) is 0 Å². The molecule has 4 aromatic rings. The Labute approximate surface area is 169 Å². The SMILES string of the molecule is Oc1cc(N=CC=Cc2ccc(Br)cc2)ccc1-c1nc2ccccc2s1. The number of aromatic hydroxyl groups is 1. The maximum absolute atomic E-state index is 10.4. The molecule has 0 bridgehead atoms. The van der Waals surface area contributed by atoms with Gasteiger partial charge in [-0.3, -0.25) is 4.99 Å². The average Bonchev–Trinajstić information content (AvgIpc) is 3.10. The number of hydrogen-bond donors (Lipinski definition) is 1. The third-order valence-corrected chi connectivity index (χ3v) is 5.57. The van der Waals surface area contributed by atoms with E-state index in [4.69, 9.17) is 0 Å². The van der Waals surface area contributed by atoms with Gasteiger partial charge in [-0.2, -0.15) is 0 Å². The van der Waals surface area contributed by atoms with Crippen molar-refractivity contribution in [1.82, 2.24) is 4.98 Å². The third kappa shape index (κ3) is 4.15. The van der Waals surface area contributed by atoms with Gasteiger partial charge in [0.05, 0.1) is 21.5 Å². The molecule has 1 heterocycles. The summed E-state index contributed by atoms with van der Waals surface area (Å²) in [5.41, 5.74) is 3.45. The topological polar surface area (TPSA) is 45.5 Å². The molecule has 1 aromatic heterocycles. The number of aliphatic imine (C=N–C) groups is 1. The van der Waals surface area contributed by atoms with Gasteiger partial charge in [0.2, 0.25) is 0 Å². The van der Waals surface area contributed by atoms with Crippen LogP contribution >= 0.6 is 27.3 Å². The van der Waals surface area contributed by atoms with Gasteiger partial charge in [0.25, 0.3) is 0 Å². The van der Waals surface area contributed by atoms with Crippen molar-refractivity contribution in [3.8, 4) is 16.3 Å². The van der Waals surface area contributed by atoms with Crippen molar-refractivity contribution in [2.75, 3.05) is 0 Å². The second-order valence-corrected chi connectivity index (χ2v) is 7.82. The molecule has 0 radical (unpaired) electrons. The van der Waals surface area contributed by atoms with Gasteiger partial charge in [-0.1, -0.05) is 46.3 Å². The van der Waals surface area contributed by atoms with E-state index in [1.165, 1.54) is 0 Å². The van der Waals surface area contributed by atoms with Crippen LogP contribution in [0.1, 0.15) is 5.56 Å². The summed E-state index contributed by atoms with van der Waals surface area (Å²) in [5.74, 6) is 0.181. The van der Waals surface area contributed by atoms with Gasteiger partial charge < -0.3 is 5.11 Å². The lowest BCUT2D eigenvalue weighted by Crippen LogP contribution is -1.78. The van der Waals surface area contributed by atoms with Crippen LogP contribution in [0.3, 0.4) is 0 Å². The number of aromatic nitrogens is 1. The normalized spacial score (nSPS) is 11.7.